The third kappa shape index (κ3) is 4.56. The summed E-state index contributed by atoms with van der Waals surface area (Å²) in [5.74, 6) is -0.327. The van der Waals surface area contributed by atoms with E-state index in [0.29, 0.717) is 25.2 Å². The van der Waals surface area contributed by atoms with Crippen molar-refractivity contribution in [2.75, 3.05) is 6.54 Å². The van der Waals surface area contributed by atoms with E-state index in [1.54, 1.807) is 37.5 Å². The van der Waals surface area contributed by atoms with Crippen molar-refractivity contribution >= 4 is 5.91 Å². The van der Waals surface area contributed by atoms with Gasteiger partial charge in [0, 0.05) is 49.4 Å². The van der Waals surface area contributed by atoms with Gasteiger partial charge in [-0.2, -0.15) is 10.2 Å². The van der Waals surface area contributed by atoms with Crippen LogP contribution in [0.3, 0.4) is 0 Å². The number of amides is 1. The molecule has 0 saturated carbocycles. The topological polar surface area (TPSA) is 112 Å². The summed E-state index contributed by atoms with van der Waals surface area (Å²) in [6.07, 6.45) is 5.36. The van der Waals surface area contributed by atoms with Crippen molar-refractivity contribution in [3.8, 4) is 11.3 Å². The molecule has 0 spiro atoms. The van der Waals surface area contributed by atoms with Crippen LogP contribution in [-0.2, 0) is 11.3 Å². The van der Waals surface area contributed by atoms with E-state index in [1.165, 1.54) is 23.0 Å². The molecule has 0 saturated heterocycles. The fourth-order valence-corrected chi connectivity index (χ4v) is 2.63. The van der Waals surface area contributed by atoms with Gasteiger partial charge in [-0.1, -0.05) is 0 Å². The van der Waals surface area contributed by atoms with Crippen molar-refractivity contribution in [2.45, 2.75) is 25.9 Å². The van der Waals surface area contributed by atoms with E-state index in [2.05, 4.69) is 20.5 Å². The van der Waals surface area contributed by atoms with E-state index >= 15 is 0 Å². The second-order valence-corrected chi connectivity index (χ2v) is 6.15. The highest BCUT2D eigenvalue weighted by Gasteiger charge is 2.17. The summed E-state index contributed by atoms with van der Waals surface area (Å²) < 4.78 is 2.49. The maximum Gasteiger partial charge on any atom is 0.267 e. The molecule has 1 N–H and O–H groups in total. The van der Waals surface area contributed by atoms with Crippen LogP contribution in [0.15, 0.2) is 64.6 Å². The first-order valence-corrected chi connectivity index (χ1v) is 8.86. The van der Waals surface area contributed by atoms with Crippen LogP contribution in [0.5, 0.6) is 0 Å². The second-order valence-electron chi connectivity index (χ2n) is 6.15. The Hall–Kier alpha value is -3.62. The van der Waals surface area contributed by atoms with E-state index in [1.807, 2.05) is 6.07 Å². The summed E-state index contributed by atoms with van der Waals surface area (Å²) in [7, 11) is 0. The Labute approximate surface area is 160 Å². The third-order valence-corrected chi connectivity index (χ3v) is 4.16. The van der Waals surface area contributed by atoms with E-state index < -0.39 is 6.04 Å². The number of nitrogens with zero attached hydrogens (tertiary/aromatic N) is 5. The van der Waals surface area contributed by atoms with Gasteiger partial charge < -0.3 is 5.32 Å². The quantitative estimate of drug-likeness (QED) is 0.602. The molecule has 0 aliphatic rings. The van der Waals surface area contributed by atoms with Gasteiger partial charge in [0.05, 0.1) is 5.69 Å². The minimum absolute atomic E-state index is 0.190. The molecule has 0 radical (unpaired) electrons. The van der Waals surface area contributed by atoms with E-state index in [9.17, 15) is 14.4 Å². The van der Waals surface area contributed by atoms with Crippen LogP contribution in [0.2, 0.25) is 0 Å². The van der Waals surface area contributed by atoms with E-state index in [-0.39, 0.29) is 17.0 Å². The molecule has 144 valence electrons. The van der Waals surface area contributed by atoms with Crippen molar-refractivity contribution in [1.29, 1.82) is 0 Å². The first-order chi connectivity index (χ1) is 13.6. The molecule has 3 heterocycles. The average molecular weight is 380 g/mol. The molecule has 0 bridgehead atoms. The molecule has 9 heteroatoms. The highest BCUT2D eigenvalue weighted by Crippen LogP contribution is 2.14. The third-order valence-electron chi connectivity index (χ3n) is 4.16. The summed E-state index contributed by atoms with van der Waals surface area (Å²) in [5, 5.41) is 11.0. The van der Waals surface area contributed by atoms with Gasteiger partial charge in [-0.3, -0.25) is 19.4 Å². The minimum atomic E-state index is -0.776. The zero-order chi connectivity index (χ0) is 19.9. The minimum Gasteiger partial charge on any atom is -0.354 e. The standard InChI is InChI=1S/C19H20N6O3/c1-14(19(28)21-10-4-12-24-17(26)6-3-11-22-24)25-18(27)8-7-16(23-25)15-5-2-9-20-13-15/h2-3,5-9,11,13-14H,4,10,12H2,1H3,(H,21,28). The fourth-order valence-electron chi connectivity index (χ4n) is 2.63. The fraction of sp³-hybridized carbons (Fsp3) is 0.263. The Bertz CT molecular complexity index is 1060. The lowest BCUT2D eigenvalue weighted by atomic mass is 10.2. The number of aryl methyl sites for hydroxylation is 1. The zero-order valence-electron chi connectivity index (χ0n) is 15.4. The number of nitrogens with one attached hydrogen (secondary N) is 1. The Balaban J connectivity index is 1.62. The average Bonchev–Trinajstić information content (AvgIpc) is 2.72. The molecule has 3 rings (SSSR count). The molecule has 0 aliphatic heterocycles. The lowest BCUT2D eigenvalue weighted by Gasteiger charge is -2.15. The number of pyridine rings is 1. The molecule has 3 aromatic heterocycles. The van der Waals surface area contributed by atoms with Crippen LogP contribution >= 0.6 is 0 Å². The molecule has 28 heavy (non-hydrogen) atoms. The van der Waals surface area contributed by atoms with E-state index in [0.717, 1.165) is 10.2 Å². The Morgan fingerprint density at radius 3 is 2.68 bits per heavy atom. The highest BCUT2D eigenvalue weighted by molar-refractivity contribution is 5.79. The van der Waals surface area contributed by atoms with Gasteiger partial charge in [0.2, 0.25) is 5.91 Å². The van der Waals surface area contributed by atoms with Gasteiger partial charge in [-0.15, -0.1) is 0 Å². The summed E-state index contributed by atoms with van der Waals surface area (Å²) >= 11 is 0. The maximum absolute atomic E-state index is 12.4. The predicted molar refractivity (Wildman–Crippen MR) is 103 cm³/mol. The molecule has 3 aromatic rings. The van der Waals surface area contributed by atoms with E-state index in [4.69, 9.17) is 0 Å². The van der Waals surface area contributed by atoms with Gasteiger partial charge in [-0.05, 0) is 37.6 Å². The van der Waals surface area contributed by atoms with Crippen molar-refractivity contribution in [2.24, 2.45) is 0 Å². The number of hydrogen-bond donors (Lipinski definition) is 1. The Kier molecular flexibility index (Phi) is 6.05. The van der Waals surface area contributed by atoms with Crippen LogP contribution in [0.25, 0.3) is 11.3 Å². The lowest BCUT2D eigenvalue weighted by molar-refractivity contribution is -0.124. The maximum atomic E-state index is 12.4. The Morgan fingerprint density at radius 2 is 1.93 bits per heavy atom. The smallest absolute Gasteiger partial charge is 0.267 e. The Morgan fingerprint density at radius 1 is 1.11 bits per heavy atom. The molecule has 0 aromatic carbocycles. The summed E-state index contributed by atoms with van der Waals surface area (Å²) in [6.45, 7) is 2.35. The number of carbonyl (C=O) groups excluding carboxylic acids is 1. The number of rotatable bonds is 7. The lowest BCUT2D eigenvalue weighted by Crippen LogP contribution is -2.37. The summed E-state index contributed by atoms with van der Waals surface area (Å²) in [4.78, 5) is 40.2. The first kappa shape index (κ1) is 19.2. The normalized spacial score (nSPS) is 11.8. The predicted octanol–water partition coefficient (Wildman–Crippen LogP) is 0.629. The van der Waals surface area contributed by atoms with Crippen LogP contribution < -0.4 is 16.4 Å². The molecule has 0 fully saturated rings. The van der Waals surface area contributed by atoms with Gasteiger partial charge in [0.25, 0.3) is 11.1 Å². The van der Waals surface area contributed by atoms with Crippen LogP contribution in [0.1, 0.15) is 19.4 Å². The molecule has 1 atom stereocenters. The van der Waals surface area contributed by atoms with Crippen LogP contribution in [-0.4, -0.2) is 37.0 Å². The summed E-state index contributed by atoms with van der Waals surface area (Å²) in [6, 6.07) is 8.82. The van der Waals surface area contributed by atoms with Crippen molar-refractivity contribution in [1.82, 2.24) is 29.9 Å². The van der Waals surface area contributed by atoms with Crippen molar-refractivity contribution in [3.05, 3.63) is 75.7 Å². The molecule has 0 aliphatic carbocycles. The molecule has 9 nitrogen and oxygen atoms in total. The van der Waals surface area contributed by atoms with Crippen molar-refractivity contribution < 1.29 is 4.79 Å². The SMILES string of the molecule is CC(C(=O)NCCCn1ncccc1=O)n1nc(-c2cccnc2)ccc1=O. The number of aromatic nitrogens is 5. The van der Waals surface area contributed by atoms with Crippen LogP contribution in [0.4, 0.5) is 0 Å². The molecular formula is C19H20N6O3. The second kappa shape index (κ2) is 8.85. The van der Waals surface area contributed by atoms with Gasteiger partial charge >= 0.3 is 0 Å². The highest BCUT2D eigenvalue weighted by atomic mass is 16.2. The monoisotopic (exact) mass is 380 g/mol. The van der Waals surface area contributed by atoms with Gasteiger partial charge in [0.15, 0.2) is 0 Å². The van der Waals surface area contributed by atoms with Crippen molar-refractivity contribution in [3.63, 3.8) is 0 Å². The largest absolute Gasteiger partial charge is 0.354 e. The molecule has 1 amide bonds. The molecule has 1 unspecified atom stereocenters. The van der Waals surface area contributed by atoms with Gasteiger partial charge in [0.1, 0.15) is 6.04 Å². The zero-order valence-corrected chi connectivity index (χ0v) is 15.4. The number of hydrogen-bond acceptors (Lipinski definition) is 6. The summed E-state index contributed by atoms with van der Waals surface area (Å²) in [5.41, 5.74) is 0.757. The molecular weight excluding hydrogens is 360 g/mol. The van der Waals surface area contributed by atoms with Crippen LogP contribution in [0, 0.1) is 0 Å². The first-order valence-electron chi connectivity index (χ1n) is 8.86. The number of carbonyl (C=O) groups is 1. The van der Waals surface area contributed by atoms with Gasteiger partial charge in [-0.25, -0.2) is 9.36 Å².